The van der Waals surface area contributed by atoms with Crippen LogP contribution >= 0.6 is 0 Å². The van der Waals surface area contributed by atoms with Gasteiger partial charge >= 0.3 is 0 Å². The van der Waals surface area contributed by atoms with E-state index >= 15 is 0 Å². The maximum atomic E-state index is 5.43. The maximum Gasteiger partial charge on any atom is 0.191 e. The second kappa shape index (κ2) is 11.0. The smallest absolute Gasteiger partial charge is 0.191 e. The highest BCUT2D eigenvalue weighted by molar-refractivity contribution is 5.79. The van der Waals surface area contributed by atoms with Gasteiger partial charge in [-0.1, -0.05) is 12.1 Å². The molecule has 2 aromatic rings. The monoisotopic (exact) mass is 371 g/mol. The van der Waals surface area contributed by atoms with Crippen LogP contribution in [0.25, 0.3) is 0 Å². The van der Waals surface area contributed by atoms with Crippen LogP contribution in [-0.4, -0.2) is 40.4 Å². The molecule has 0 heterocycles. The lowest BCUT2D eigenvalue weighted by atomic mass is 10.1. The second-order valence-electron chi connectivity index (χ2n) is 5.90. The molecular weight excluding hydrogens is 342 g/mol. The van der Waals surface area contributed by atoms with E-state index in [4.69, 9.17) is 14.2 Å². The minimum atomic E-state index is 0.599. The van der Waals surface area contributed by atoms with Crippen LogP contribution in [-0.2, 0) is 13.0 Å². The maximum absolute atomic E-state index is 5.43. The van der Waals surface area contributed by atoms with Crippen molar-refractivity contribution < 1.29 is 14.2 Å². The molecule has 6 heteroatoms. The van der Waals surface area contributed by atoms with Crippen LogP contribution in [0.15, 0.2) is 47.5 Å². The highest BCUT2D eigenvalue weighted by Gasteiger charge is 2.06. The molecule has 0 fully saturated rings. The number of rotatable bonds is 9. The third kappa shape index (κ3) is 6.40. The van der Waals surface area contributed by atoms with Gasteiger partial charge in [-0.15, -0.1) is 0 Å². The van der Waals surface area contributed by atoms with E-state index in [-0.39, 0.29) is 0 Å². The summed E-state index contributed by atoms with van der Waals surface area (Å²) in [4.78, 5) is 4.64. The zero-order chi connectivity index (χ0) is 19.5. The van der Waals surface area contributed by atoms with E-state index in [0.29, 0.717) is 6.54 Å². The van der Waals surface area contributed by atoms with Gasteiger partial charge in [0.2, 0.25) is 0 Å². The van der Waals surface area contributed by atoms with Gasteiger partial charge in [-0.3, -0.25) is 0 Å². The van der Waals surface area contributed by atoms with Gasteiger partial charge < -0.3 is 24.8 Å². The molecule has 0 aliphatic heterocycles. The molecule has 0 amide bonds. The Morgan fingerprint density at radius 1 is 0.889 bits per heavy atom. The van der Waals surface area contributed by atoms with Crippen molar-refractivity contribution in [2.24, 2.45) is 4.99 Å². The Hall–Kier alpha value is -2.89. The Kier molecular flexibility index (Phi) is 8.29. The van der Waals surface area contributed by atoms with Crippen LogP contribution in [0.5, 0.6) is 17.2 Å². The SMILES string of the molecule is CCNC(=NCc1ccc(OC)cc1)NCCc1cc(OC)ccc1OC. The van der Waals surface area contributed by atoms with Crippen molar-refractivity contribution in [3.05, 3.63) is 53.6 Å². The predicted molar refractivity (Wildman–Crippen MR) is 109 cm³/mol. The van der Waals surface area contributed by atoms with Crippen molar-refractivity contribution in [2.75, 3.05) is 34.4 Å². The molecule has 0 aliphatic carbocycles. The number of hydrogen-bond donors (Lipinski definition) is 2. The molecule has 2 aromatic carbocycles. The summed E-state index contributed by atoms with van der Waals surface area (Å²) in [5.41, 5.74) is 2.22. The van der Waals surface area contributed by atoms with Crippen molar-refractivity contribution in [3.8, 4) is 17.2 Å². The molecule has 0 saturated carbocycles. The quantitative estimate of drug-likeness (QED) is 0.524. The predicted octanol–water partition coefficient (Wildman–Crippen LogP) is 3.01. The van der Waals surface area contributed by atoms with Crippen LogP contribution in [0.2, 0.25) is 0 Å². The minimum Gasteiger partial charge on any atom is -0.497 e. The summed E-state index contributed by atoms with van der Waals surface area (Å²) >= 11 is 0. The minimum absolute atomic E-state index is 0.599. The summed E-state index contributed by atoms with van der Waals surface area (Å²) in [5.74, 6) is 3.32. The largest absolute Gasteiger partial charge is 0.497 e. The fraction of sp³-hybridized carbons (Fsp3) is 0.381. The first-order valence-corrected chi connectivity index (χ1v) is 9.06. The van der Waals surface area contributed by atoms with E-state index in [2.05, 4.69) is 22.5 Å². The highest BCUT2D eigenvalue weighted by atomic mass is 16.5. The van der Waals surface area contributed by atoms with E-state index in [1.165, 1.54) is 0 Å². The molecule has 0 atom stereocenters. The molecular formula is C21H29N3O3. The number of methoxy groups -OCH3 is 3. The highest BCUT2D eigenvalue weighted by Crippen LogP contribution is 2.24. The van der Waals surface area contributed by atoms with Crippen molar-refractivity contribution in [3.63, 3.8) is 0 Å². The summed E-state index contributed by atoms with van der Waals surface area (Å²) in [6, 6.07) is 13.8. The second-order valence-corrected chi connectivity index (χ2v) is 5.90. The number of aliphatic imine (C=N–C) groups is 1. The van der Waals surface area contributed by atoms with Crippen molar-refractivity contribution in [1.82, 2.24) is 10.6 Å². The molecule has 0 aromatic heterocycles. The summed E-state index contributed by atoms with van der Waals surface area (Å²) in [7, 11) is 5.01. The molecule has 0 unspecified atom stereocenters. The Morgan fingerprint density at radius 2 is 1.59 bits per heavy atom. The standard InChI is InChI=1S/C21H29N3O3/c1-5-22-21(24-15-16-6-8-18(25-2)9-7-16)23-13-12-17-14-19(26-3)10-11-20(17)27-4/h6-11,14H,5,12-13,15H2,1-4H3,(H2,22,23,24). The molecule has 0 bridgehead atoms. The van der Waals surface area contributed by atoms with Gasteiger partial charge in [0, 0.05) is 13.1 Å². The third-order valence-electron chi connectivity index (χ3n) is 4.10. The number of hydrogen-bond acceptors (Lipinski definition) is 4. The van der Waals surface area contributed by atoms with Gasteiger partial charge in [0.25, 0.3) is 0 Å². The summed E-state index contributed by atoms with van der Waals surface area (Å²) in [5, 5.41) is 6.64. The van der Waals surface area contributed by atoms with Crippen LogP contribution in [0, 0.1) is 0 Å². The van der Waals surface area contributed by atoms with Gasteiger partial charge in [-0.2, -0.15) is 0 Å². The van der Waals surface area contributed by atoms with E-state index < -0.39 is 0 Å². The first-order valence-electron chi connectivity index (χ1n) is 9.06. The van der Waals surface area contributed by atoms with Crippen LogP contribution in [0.1, 0.15) is 18.1 Å². The fourth-order valence-corrected chi connectivity index (χ4v) is 2.64. The first-order chi connectivity index (χ1) is 13.2. The lowest BCUT2D eigenvalue weighted by Crippen LogP contribution is -2.38. The zero-order valence-corrected chi connectivity index (χ0v) is 16.5. The van der Waals surface area contributed by atoms with Crippen molar-refractivity contribution in [1.29, 1.82) is 0 Å². The van der Waals surface area contributed by atoms with Crippen molar-refractivity contribution >= 4 is 5.96 Å². The van der Waals surface area contributed by atoms with E-state index in [1.807, 2.05) is 42.5 Å². The van der Waals surface area contributed by atoms with Crippen LogP contribution in [0.4, 0.5) is 0 Å². The molecule has 6 nitrogen and oxygen atoms in total. The molecule has 0 aliphatic rings. The Balaban J connectivity index is 1.95. The number of nitrogens with one attached hydrogen (secondary N) is 2. The summed E-state index contributed by atoms with van der Waals surface area (Å²) < 4.78 is 15.9. The van der Waals surface area contributed by atoms with Gasteiger partial charge in [-0.05, 0) is 54.8 Å². The average molecular weight is 371 g/mol. The molecule has 27 heavy (non-hydrogen) atoms. The number of ether oxygens (including phenoxy) is 3. The van der Waals surface area contributed by atoms with E-state index in [0.717, 1.165) is 53.8 Å². The molecule has 2 N–H and O–H groups in total. The Labute approximate surface area is 161 Å². The number of guanidine groups is 1. The summed E-state index contributed by atoms with van der Waals surface area (Å²) in [6.07, 6.45) is 0.799. The molecule has 0 spiro atoms. The Morgan fingerprint density at radius 3 is 2.22 bits per heavy atom. The molecule has 0 radical (unpaired) electrons. The molecule has 0 saturated heterocycles. The fourth-order valence-electron chi connectivity index (χ4n) is 2.64. The van der Waals surface area contributed by atoms with Gasteiger partial charge in [0.05, 0.1) is 27.9 Å². The molecule has 2 rings (SSSR count). The van der Waals surface area contributed by atoms with E-state index in [9.17, 15) is 0 Å². The third-order valence-corrected chi connectivity index (χ3v) is 4.10. The van der Waals surface area contributed by atoms with Crippen molar-refractivity contribution in [2.45, 2.75) is 19.9 Å². The average Bonchev–Trinajstić information content (AvgIpc) is 2.72. The zero-order valence-electron chi connectivity index (χ0n) is 16.5. The lowest BCUT2D eigenvalue weighted by Gasteiger charge is -2.13. The van der Waals surface area contributed by atoms with Crippen LogP contribution < -0.4 is 24.8 Å². The van der Waals surface area contributed by atoms with Crippen LogP contribution in [0.3, 0.4) is 0 Å². The van der Waals surface area contributed by atoms with Gasteiger partial charge in [0.15, 0.2) is 5.96 Å². The normalized spacial score (nSPS) is 11.0. The summed E-state index contributed by atoms with van der Waals surface area (Å²) in [6.45, 7) is 4.19. The number of benzene rings is 2. The number of nitrogens with zero attached hydrogens (tertiary/aromatic N) is 1. The van der Waals surface area contributed by atoms with Gasteiger partial charge in [-0.25, -0.2) is 4.99 Å². The lowest BCUT2D eigenvalue weighted by molar-refractivity contribution is 0.398. The molecule has 146 valence electrons. The van der Waals surface area contributed by atoms with Gasteiger partial charge in [0.1, 0.15) is 17.2 Å². The van der Waals surface area contributed by atoms with E-state index in [1.54, 1.807) is 21.3 Å². The topological polar surface area (TPSA) is 64.1 Å². The Bertz CT molecular complexity index is 730. The first kappa shape index (κ1) is 20.4.